The van der Waals surface area contributed by atoms with Crippen molar-refractivity contribution in [2.45, 2.75) is 44.3 Å². The van der Waals surface area contributed by atoms with Gasteiger partial charge in [0.25, 0.3) is 0 Å². The van der Waals surface area contributed by atoms with E-state index in [4.69, 9.17) is 5.73 Å². The molecule has 0 amide bonds. The van der Waals surface area contributed by atoms with Gasteiger partial charge in [-0.1, -0.05) is 0 Å². The smallest absolute Gasteiger partial charge is 0.120 e. The first-order chi connectivity index (χ1) is 8.69. The van der Waals surface area contributed by atoms with Gasteiger partial charge in [-0.15, -0.1) is 0 Å². The van der Waals surface area contributed by atoms with Crippen molar-refractivity contribution in [1.29, 1.82) is 0 Å². The molecule has 2 unspecified atom stereocenters. The number of nitrogens with two attached hydrogens (primary N) is 1. The number of aromatic nitrogens is 2. The summed E-state index contributed by atoms with van der Waals surface area (Å²) in [4.78, 5) is 9.97. The van der Waals surface area contributed by atoms with Crippen molar-refractivity contribution in [3.63, 3.8) is 0 Å². The summed E-state index contributed by atoms with van der Waals surface area (Å²) in [5, 5.41) is 3.67. The van der Waals surface area contributed by atoms with Crippen molar-refractivity contribution in [3.8, 4) is 0 Å². The van der Waals surface area contributed by atoms with Crippen LogP contribution in [0.5, 0.6) is 0 Å². The van der Waals surface area contributed by atoms with Crippen LogP contribution in [0.25, 0.3) is 0 Å². The van der Waals surface area contributed by atoms with Gasteiger partial charge in [-0.25, -0.2) is 4.98 Å². The molecule has 5 nitrogen and oxygen atoms in total. The zero-order chi connectivity index (χ0) is 13.0. The normalized spacial score (nSPS) is 24.0. The highest BCUT2D eigenvalue weighted by Crippen LogP contribution is 2.27. The summed E-state index contributed by atoms with van der Waals surface area (Å²) in [5.74, 6) is 1.04. The molecule has 1 aliphatic heterocycles. The van der Waals surface area contributed by atoms with Crippen molar-refractivity contribution in [1.82, 2.24) is 20.2 Å². The minimum Gasteiger partial charge on any atom is -0.343 e. The first-order valence-corrected chi connectivity index (χ1v) is 6.83. The summed E-state index contributed by atoms with van der Waals surface area (Å²) < 4.78 is 0. The predicted octanol–water partition coefficient (Wildman–Crippen LogP) is 1.00. The van der Waals surface area contributed by atoms with Crippen molar-refractivity contribution < 1.29 is 0 Å². The van der Waals surface area contributed by atoms with Gasteiger partial charge in [-0.05, 0) is 46.3 Å². The first-order valence-electron chi connectivity index (χ1n) is 6.83. The van der Waals surface area contributed by atoms with Gasteiger partial charge >= 0.3 is 0 Å². The van der Waals surface area contributed by atoms with Gasteiger partial charge in [-0.2, -0.15) is 0 Å². The molecule has 102 valence electrons. The van der Waals surface area contributed by atoms with Crippen LogP contribution in [0.1, 0.15) is 43.2 Å². The lowest BCUT2D eigenvalue weighted by Crippen LogP contribution is -2.25. The summed E-state index contributed by atoms with van der Waals surface area (Å²) in [7, 11) is 4.11. The molecule has 0 spiro atoms. The van der Waals surface area contributed by atoms with E-state index < -0.39 is 0 Å². The first kappa shape index (κ1) is 13.5. The number of aromatic amines is 1. The Labute approximate surface area is 109 Å². The highest BCUT2D eigenvalue weighted by atomic mass is 15.1. The lowest BCUT2D eigenvalue weighted by atomic mass is 10.1. The number of imidazole rings is 1. The molecule has 18 heavy (non-hydrogen) atoms. The minimum absolute atomic E-state index is 0.441. The molecule has 2 heterocycles. The monoisotopic (exact) mass is 251 g/mol. The Bertz CT molecular complexity index is 360. The third kappa shape index (κ3) is 3.54. The Morgan fingerprint density at radius 3 is 3.00 bits per heavy atom. The summed E-state index contributed by atoms with van der Waals surface area (Å²) in [6.45, 7) is 1.66. The molecule has 1 aromatic heterocycles. The van der Waals surface area contributed by atoms with Crippen LogP contribution in [0.3, 0.4) is 0 Å². The van der Waals surface area contributed by atoms with Gasteiger partial charge in [0.15, 0.2) is 0 Å². The van der Waals surface area contributed by atoms with E-state index in [0.717, 1.165) is 25.3 Å². The van der Waals surface area contributed by atoms with E-state index in [2.05, 4.69) is 34.3 Å². The average Bonchev–Trinajstić information content (AvgIpc) is 2.94. The second kappa shape index (κ2) is 6.31. The van der Waals surface area contributed by atoms with E-state index >= 15 is 0 Å². The van der Waals surface area contributed by atoms with Gasteiger partial charge in [0.1, 0.15) is 5.82 Å². The fourth-order valence-electron chi connectivity index (χ4n) is 2.59. The van der Waals surface area contributed by atoms with Crippen molar-refractivity contribution in [2.75, 3.05) is 20.6 Å². The van der Waals surface area contributed by atoms with E-state index in [1.807, 2.05) is 6.20 Å². The number of hydrogen-bond donors (Lipinski definition) is 3. The standard InChI is InChI=1S/C13H25N5/c1-18(2)9-13-15-8-12(17-13)11-6-5-10(16-11)4-3-7-14/h8,10-11,16H,3-7,9,14H2,1-2H3,(H,15,17). The van der Waals surface area contributed by atoms with E-state index in [9.17, 15) is 0 Å². The Balaban J connectivity index is 1.87. The van der Waals surface area contributed by atoms with E-state index in [1.165, 1.54) is 25.0 Å². The van der Waals surface area contributed by atoms with Crippen LogP contribution >= 0.6 is 0 Å². The van der Waals surface area contributed by atoms with E-state index in [0.29, 0.717) is 12.1 Å². The molecule has 5 heteroatoms. The topological polar surface area (TPSA) is 70.0 Å². The van der Waals surface area contributed by atoms with Gasteiger partial charge in [0.2, 0.25) is 0 Å². The molecule has 0 aliphatic carbocycles. The van der Waals surface area contributed by atoms with Gasteiger partial charge < -0.3 is 20.9 Å². The van der Waals surface area contributed by atoms with Crippen molar-refractivity contribution in [3.05, 3.63) is 17.7 Å². The average molecular weight is 251 g/mol. The zero-order valence-electron chi connectivity index (χ0n) is 11.4. The highest BCUT2D eigenvalue weighted by molar-refractivity contribution is 5.09. The van der Waals surface area contributed by atoms with Crippen LogP contribution in [0.4, 0.5) is 0 Å². The molecule has 0 radical (unpaired) electrons. The molecule has 4 N–H and O–H groups in total. The number of nitrogens with one attached hydrogen (secondary N) is 2. The summed E-state index contributed by atoms with van der Waals surface area (Å²) in [6, 6.07) is 1.07. The lowest BCUT2D eigenvalue weighted by molar-refractivity contribution is 0.391. The maximum Gasteiger partial charge on any atom is 0.120 e. The quantitative estimate of drug-likeness (QED) is 0.705. The van der Waals surface area contributed by atoms with Crippen LogP contribution < -0.4 is 11.1 Å². The van der Waals surface area contributed by atoms with Crippen molar-refractivity contribution in [2.24, 2.45) is 5.73 Å². The largest absolute Gasteiger partial charge is 0.343 e. The Morgan fingerprint density at radius 1 is 1.44 bits per heavy atom. The minimum atomic E-state index is 0.441. The third-order valence-corrected chi connectivity index (χ3v) is 3.49. The number of rotatable bonds is 6. The van der Waals surface area contributed by atoms with Crippen LogP contribution in [0, 0.1) is 0 Å². The highest BCUT2D eigenvalue weighted by Gasteiger charge is 2.25. The molecule has 1 saturated heterocycles. The maximum absolute atomic E-state index is 5.55. The number of H-pyrrole nitrogens is 1. The van der Waals surface area contributed by atoms with Crippen LogP contribution in [-0.4, -0.2) is 41.5 Å². The fraction of sp³-hybridized carbons (Fsp3) is 0.769. The van der Waals surface area contributed by atoms with Crippen LogP contribution in [0.2, 0.25) is 0 Å². The van der Waals surface area contributed by atoms with Gasteiger partial charge in [0.05, 0.1) is 12.2 Å². The lowest BCUT2D eigenvalue weighted by Gasteiger charge is -2.12. The Kier molecular flexibility index (Phi) is 4.74. The molecule has 1 aliphatic rings. The van der Waals surface area contributed by atoms with Crippen LogP contribution in [-0.2, 0) is 6.54 Å². The molecule has 0 bridgehead atoms. The zero-order valence-corrected chi connectivity index (χ0v) is 11.4. The molecular weight excluding hydrogens is 226 g/mol. The Morgan fingerprint density at radius 2 is 2.28 bits per heavy atom. The van der Waals surface area contributed by atoms with Crippen molar-refractivity contribution >= 4 is 0 Å². The Hall–Kier alpha value is -0.910. The predicted molar refractivity (Wildman–Crippen MR) is 73.2 cm³/mol. The summed E-state index contributed by atoms with van der Waals surface area (Å²) >= 11 is 0. The number of hydrogen-bond acceptors (Lipinski definition) is 4. The molecular formula is C13H25N5. The summed E-state index contributed by atoms with van der Waals surface area (Å²) in [6.07, 6.45) is 6.71. The van der Waals surface area contributed by atoms with E-state index in [-0.39, 0.29) is 0 Å². The SMILES string of the molecule is CN(C)Cc1ncc(C2CCC(CCCN)N2)[nH]1. The summed E-state index contributed by atoms with van der Waals surface area (Å²) in [5.41, 5.74) is 6.78. The molecule has 2 atom stereocenters. The maximum atomic E-state index is 5.55. The van der Waals surface area contributed by atoms with E-state index in [1.54, 1.807) is 0 Å². The molecule has 0 aromatic carbocycles. The molecule has 1 fully saturated rings. The van der Waals surface area contributed by atoms with Crippen LogP contribution in [0.15, 0.2) is 6.20 Å². The third-order valence-electron chi connectivity index (χ3n) is 3.49. The second-order valence-electron chi connectivity index (χ2n) is 5.45. The molecule has 0 saturated carbocycles. The fourth-order valence-corrected chi connectivity index (χ4v) is 2.59. The van der Waals surface area contributed by atoms with Gasteiger partial charge in [0, 0.05) is 18.3 Å². The molecule has 2 rings (SSSR count). The number of nitrogens with zero attached hydrogens (tertiary/aromatic N) is 2. The van der Waals surface area contributed by atoms with Gasteiger partial charge in [-0.3, -0.25) is 0 Å². The second-order valence-corrected chi connectivity index (χ2v) is 5.45. The molecule has 1 aromatic rings.